The number of carbonyl (C=O) groups is 1. The van der Waals surface area contributed by atoms with E-state index in [1.165, 1.54) is 0 Å². The predicted octanol–water partition coefficient (Wildman–Crippen LogP) is 6.09. The number of amides is 1. The molecule has 1 amide bonds. The number of carbonyl (C=O) groups excluding carboxylic acids is 1. The van der Waals surface area contributed by atoms with Gasteiger partial charge in [-0.1, -0.05) is 48.5 Å². The summed E-state index contributed by atoms with van der Waals surface area (Å²) in [5.41, 5.74) is 7.88. The number of ether oxygens (including phenoxy) is 1. The highest BCUT2D eigenvalue weighted by Gasteiger charge is 2.60. The van der Waals surface area contributed by atoms with E-state index in [1.807, 2.05) is 48.5 Å². The molecular weight excluding hydrogens is 554 g/mol. The van der Waals surface area contributed by atoms with Crippen LogP contribution in [0.3, 0.4) is 0 Å². The van der Waals surface area contributed by atoms with E-state index in [1.54, 1.807) is 5.01 Å². The van der Waals surface area contributed by atoms with Gasteiger partial charge in [0.25, 0.3) is 5.91 Å². The third-order valence-corrected chi connectivity index (χ3v) is 8.93. The minimum Gasteiger partial charge on any atom is -0.460 e. The van der Waals surface area contributed by atoms with Crippen LogP contribution in [0.4, 0.5) is 11.4 Å². The number of fused-ring (bicyclic) bond motifs is 6. The molecule has 3 aromatic carbocycles. The molecule has 0 bridgehead atoms. The molecule has 220 valence electrons. The Morgan fingerprint density at radius 3 is 2.42 bits per heavy atom. The summed E-state index contributed by atoms with van der Waals surface area (Å²) in [6, 6.07) is 24.0. The number of hydrazine groups is 1. The van der Waals surface area contributed by atoms with Crippen LogP contribution in [-0.4, -0.2) is 52.5 Å². The van der Waals surface area contributed by atoms with Crippen LogP contribution in [0.1, 0.15) is 49.2 Å². The third-order valence-electron chi connectivity index (χ3n) is 8.74. The van der Waals surface area contributed by atoms with Crippen molar-refractivity contribution in [2.24, 2.45) is 5.92 Å². The van der Waals surface area contributed by atoms with E-state index < -0.39 is 5.54 Å². The molecule has 2 unspecified atom stereocenters. The van der Waals surface area contributed by atoms with Gasteiger partial charge in [0.15, 0.2) is 5.11 Å². The highest BCUT2D eigenvalue weighted by Crippen LogP contribution is 2.57. The van der Waals surface area contributed by atoms with Crippen LogP contribution in [0.25, 0.3) is 0 Å². The van der Waals surface area contributed by atoms with E-state index >= 15 is 0 Å². The van der Waals surface area contributed by atoms with E-state index in [-0.39, 0.29) is 11.8 Å². The van der Waals surface area contributed by atoms with Crippen LogP contribution in [0, 0.1) is 5.92 Å². The summed E-state index contributed by atoms with van der Waals surface area (Å²) in [7, 11) is 0. The molecule has 0 saturated carbocycles. The van der Waals surface area contributed by atoms with Gasteiger partial charge in [-0.3, -0.25) is 10.2 Å². The summed E-state index contributed by atoms with van der Waals surface area (Å²) in [6.07, 6.45) is 6.48. The fourth-order valence-corrected chi connectivity index (χ4v) is 6.89. The number of thiocarbonyl (C=S) groups is 1. The van der Waals surface area contributed by atoms with Crippen molar-refractivity contribution in [1.82, 2.24) is 10.4 Å². The Kier molecular flexibility index (Phi) is 7.79. The van der Waals surface area contributed by atoms with Gasteiger partial charge < -0.3 is 15.0 Å². The Bertz CT molecular complexity index is 1650. The van der Waals surface area contributed by atoms with Gasteiger partial charge in [-0.25, -0.2) is 9.58 Å². The Labute approximate surface area is 259 Å². The van der Waals surface area contributed by atoms with Gasteiger partial charge in [-0.15, -0.1) is 0 Å². The van der Waals surface area contributed by atoms with E-state index in [0.717, 1.165) is 65.9 Å². The minimum absolute atomic E-state index is 0.139. The first-order valence-corrected chi connectivity index (χ1v) is 15.5. The van der Waals surface area contributed by atoms with Crippen molar-refractivity contribution in [3.63, 3.8) is 0 Å². The lowest BCUT2D eigenvalue weighted by molar-refractivity contribution is -0.519. The van der Waals surface area contributed by atoms with Crippen LogP contribution in [0.2, 0.25) is 0 Å². The van der Waals surface area contributed by atoms with Gasteiger partial charge in [0.05, 0.1) is 5.92 Å². The SMILES string of the molecule is CCN(CC)c1ccc2c(c1)OC1=CC(=[N+](CC)CC)C=CC1C21c2ccccc2C(=O)N1NC(=S)Nc1ccccc1. The van der Waals surface area contributed by atoms with Gasteiger partial charge in [0.2, 0.25) is 5.71 Å². The summed E-state index contributed by atoms with van der Waals surface area (Å²) < 4.78 is 9.10. The first-order valence-electron chi connectivity index (χ1n) is 15.1. The van der Waals surface area contributed by atoms with Gasteiger partial charge >= 0.3 is 0 Å². The number of hydrogen-bond acceptors (Lipinski definition) is 4. The fourth-order valence-electron chi connectivity index (χ4n) is 6.68. The Hall–Kier alpha value is -4.43. The van der Waals surface area contributed by atoms with Crippen LogP contribution >= 0.6 is 12.2 Å². The lowest BCUT2D eigenvalue weighted by Crippen LogP contribution is -2.60. The maximum Gasteiger partial charge on any atom is 0.273 e. The quantitative estimate of drug-likeness (QED) is 0.256. The zero-order valence-corrected chi connectivity index (χ0v) is 25.9. The summed E-state index contributed by atoms with van der Waals surface area (Å²) in [6.45, 7) is 12.1. The molecule has 43 heavy (non-hydrogen) atoms. The zero-order chi connectivity index (χ0) is 30.1. The molecule has 1 spiro atoms. The second-order valence-electron chi connectivity index (χ2n) is 10.8. The third kappa shape index (κ3) is 4.70. The number of para-hydroxylation sites is 1. The molecule has 8 heteroatoms. The maximum absolute atomic E-state index is 14.3. The summed E-state index contributed by atoms with van der Waals surface area (Å²) in [5, 5.41) is 5.31. The molecule has 7 nitrogen and oxygen atoms in total. The fraction of sp³-hybridized carbons (Fsp3) is 0.286. The van der Waals surface area contributed by atoms with Crippen molar-refractivity contribution < 1.29 is 14.1 Å². The average Bonchev–Trinajstić information content (AvgIpc) is 3.26. The second kappa shape index (κ2) is 11.7. The number of nitrogens with zero attached hydrogens (tertiary/aromatic N) is 3. The van der Waals surface area contributed by atoms with Gasteiger partial charge in [-0.2, -0.15) is 0 Å². The molecule has 3 aromatic rings. The van der Waals surface area contributed by atoms with Crippen LogP contribution < -0.4 is 20.4 Å². The van der Waals surface area contributed by atoms with Crippen LogP contribution in [0.5, 0.6) is 5.75 Å². The Morgan fingerprint density at radius 2 is 1.70 bits per heavy atom. The Balaban J connectivity index is 1.57. The highest BCUT2D eigenvalue weighted by atomic mass is 32.1. The molecule has 0 fully saturated rings. The predicted molar refractivity (Wildman–Crippen MR) is 177 cm³/mol. The normalized spacial score (nSPS) is 19.7. The van der Waals surface area contributed by atoms with Crippen molar-refractivity contribution >= 4 is 40.3 Å². The van der Waals surface area contributed by atoms with Crippen LogP contribution in [-0.2, 0) is 5.54 Å². The molecule has 2 heterocycles. The van der Waals surface area contributed by atoms with Crippen molar-refractivity contribution in [3.8, 4) is 5.75 Å². The molecule has 0 radical (unpaired) electrons. The lowest BCUT2D eigenvalue weighted by atomic mass is 9.69. The summed E-state index contributed by atoms with van der Waals surface area (Å²) in [4.78, 5) is 16.6. The summed E-state index contributed by atoms with van der Waals surface area (Å²) >= 11 is 5.81. The maximum atomic E-state index is 14.3. The highest BCUT2D eigenvalue weighted by molar-refractivity contribution is 7.80. The number of benzene rings is 3. The largest absolute Gasteiger partial charge is 0.460 e. The number of anilines is 2. The van der Waals surface area contributed by atoms with Gasteiger partial charge in [0, 0.05) is 53.8 Å². The monoisotopic (exact) mass is 592 g/mol. The molecule has 0 saturated heterocycles. The van der Waals surface area contributed by atoms with E-state index in [0.29, 0.717) is 10.7 Å². The van der Waals surface area contributed by atoms with Gasteiger partial charge in [0.1, 0.15) is 30.1 Å². The molecule has 3 aliphatic rings. The molecule has 2 N–H and O–H groups in total. The Morgan fingerprint density at radius 1 is 0.977 bits per heavy atom. The molecule has 2 atom stereocenters. The van der Waals surface area contributed by atoms with Crippen molar-refractivity contribution in [1.29, 1.82) is 0 Å². The molecule has 6 rings (SSSR count). The van der Waals surface area contributed by atoms with Crippen molar-refractivity contribution in [3.05, 3.63) is 113 Å². The number of nitrogens with one attached hydrogen (secondary N) is 2. The zero-order valence-electron chi connectivity index (χ0n) is 25.1. The average molecular weight is 593 g/mol. The van der Waals surface area contributed by atoms with Crippen molar-refractivity contribution in [2.45, 2.75) is 33.2 Å². The molecule has 1 aliphatic carbocycles. The number of hydrogen-bond donors (Lipinski definition) is 2. The first-order chi connectivity index (χ1) is 21.0. The molecule has 0 aromatic heterocycles. The molecular formula is C35H38N5O2S+. The van der Waals surface area contributed by atoms with E-state index in [4.69, 9.17) is 17.0 Å². The second-order valence-corrected chi connectivity index (χ2v) is 11.2. The van der Waals surface area contributed by atoms with Crippen molar-refractivity contribution in [2.75, 3.05) is 36.4 Å². The lowest BCUT2D eigenvalue weighted by Gasteiger charge is -2.48. The molecule has 2 aliphatic heterocycles. The van der Waals surface area contributed by atoms with Gasteiger partial charge in [-0.05, 0) is 69.7 Å². The number of allylic oxidation sites excluding steroid dienone is 2. The minimum atomic E-state index is -0.942. The summed E-state index contributed by atoms with van der Waals surface area (Å²) in [5.74, 6) is 1.10. The van der Waals surface area contributed by atoms with E-state index in [9.17, 15) is 4.79 Å². The first kappa shape index (κ1) is 28.7. The smallest absolute Gasteiger partial charge is 0.273 e. The standard InChI is InChI=1S/C35H37N5O2S/c1-5-38(6-2)25-18-20-29-31(22-25)42-32-23-26(39(7-3)8-4)19-21-30(32)35(29)28-17-13-12-16-27(28)33(41)40(35)37-34(43)36-24-14-10-9-11-15-24/h9-23,29H,5-8H2,1-4H3,(H-,36,37,43)/p+1. The number of rotatable bonds is 7. The van der Waals surface area contributed by atoms with E-state index in [2.05, 4.69) is 90.4 Å². The topological polar surface area (TPSA) is 59.9 Å². The van der Waals surface area contributed by atoms with Crippen LogP contribution in [0.15, 0.2) is 96.8 Å².